The molecule has 6 atom stereocenters. The number of aliphatic hydroxyl groups is 3. The van der Waals surface area contributed by atoms with Crippen molar-refractivity contribution in [2.75, 3.05) is 54.0 Å². The van der Waals surface area contributed by atoms with Crippen molar-refractivity contribution in [1.29, 1.82) is 15.8 Å². The Labute approximate surface area is 635 Å². The van der Waals surface area contributed by atoms with Crippen molar-refractivity contribution >= 4 is 59.0 Å². The first-order valence-electron chi connectivity index (χ1n) is 34.9. The van der Waals surface area contributed by atoms with E-state index in [1.54, 1.807) is 82.1 Å². The lowest BCUT2D eigenvalue weighted by Crippen LogP contribution is -2.45. The molecule has 5 amide bonds. The number of aliphatic hydroxyl groups excluding tert-OH is 3. The Morgan fingerprint density at radius 1 is 0.541 bits per heavy atom. The third-order valence-corrected chi connectivity index (χ3v) is 18.7. The summed E-state index contributed by atoms with van der Waals surface area (Å²) in [7, 11) is 0. The maximum absolute atomic E-state index is 15.0. The number of anilines is 3. The molecule has 3 aromatic carbocycles. The largest absolute Gasteiger partial charge is 0.443 e. The SMILES string of the molecule is CC(C)(C)OC(=O)N1Cc2nc(-c3c(F)cccc3C#N)cc(-n3ccc(N4CCC(F)C(O)C4)n3)c2C1=O.CC(C)(C)OC(=O)N1Cc2nc(-c3c(F)cccc3C#N)cc(Cl)c2C1=O.N#Cc1cccc(F)c1-c1cc(-n2ccc(N3CCC(F)C(O)C3)n2)c2c(n1)CNC2=O.OC1CN(c2ccn[nH]2)CCC1F. The average Bonchev–Trinajstić information content (AvgIpc) is 1.64. The second-order valence-corrected chi connectivity index (χ2v) is 28.8. The number of ether oxygens (including phenoxy) is 2. The lowest BCUT2D eigenvalue weighted by Gasteiger charge is -2.32. The van der Waals surface area contributed by atoms with E-state index >= 15 is 0 Å². The molecule has 6 aromatic heterocycles. The Bertz CT molecular complexity index is 5250. The zero-order valence-corrected chi connectivity index (χ0v) is 61.1. The van der Waals surface area contributed by atoms with Crippen LogP contribution in [0.1, 0.15) is 126 Å². The van der Waals surface area contributed by atoms with Crippen LogP contribution in [0.3, 0.4) is 0 Å². The highest BCUT2D eigenvalue weighted by atomic mass is 35.5. The first-order chi connectivity index (χ1) is 52.8. The van der Waals surface area contributed by atoms with Gasteiger partial charge in [0.25, 0.3) is 17.7 Å². The first-order valence-corrected chi connectivity index (χ1v) is 35.2. The van der Waals surface area contributed by atoms with E-state index in [0.29, 0.717) is 61.2 Å². The average molecular weight is 1550 g/mol. The van der Waals surface area contributed by atoms with Gasteiger partial charge in [0.2, 0.25) is 0 Å². The fraction of sp³-hybridized carbons (Fsp3) is 0.342. The third kappa shape index (κ3) is 16.8. The number of carbonyl (C=O) groups excluding carboxylic acids is 5. The number of alkyl halides is 3. The number of piperidine rings is 3. The number of nitriles is 3. The highest BCUT2D eigenvalue weighted by Gasteiger charge is 2.42. The van der Waals surface area contributed by atoms with Crippen LogP contribution in [0.5, 0.6) is 0 Å². The number of H-pyrrole nitrogens is 1. The van der Waals surface area contributed by atoms with Gasteiger partial charge in [0.1, 0.15) is 71.3 Å². The number of amides is 5. The van der Waals surface area contributed by atoms with E-state index in [2.05, 4.69) is 40.7 Å². The fourth-order valence-corrected chi connectivity index (χ4v) is 13.4. The van der Waals surface area contributed by atoms with E-state index in [1.165, 1.54) is 82.2 Å². The number of benzene rings is 3. The number of aromatic amines is 1. The molecule has 0 radical (unpaired) electrons. The number of rotatable bonds is 8. The third-order valence-electron chi connectivity index (χ3n) is 18.4. The van der Waals surface area contributed by atoms with Crippen molar-refractivity contribution < 1.29 is 75.1 Å². The molecular formula is C76H71ClF6N18O10. The highest BCUT2D eigenvalue weighted by molar-refractivity contribution is 6.35. The molecule has 35 heteroatoms. The van der Waals surface area contributed by atoms with Crippen LogP contribution in [-0.4, -0.2) is 187 Å². The maximum Gasteiger partial charge on any atom is 0.417 e. The Kier molecular flexibility index (Phi) is 22.6. The van der Waals surface area contributed by atoms with Crippen LogP contribution in [0.25, 0.3) is 45.1 Å². The van der Waals surface area contributed by atoms with E-state index < -0.39 is 89.5 Å². The smallest absolute Gasteiger partial charge is 0.417 e. The molecule has 0 saturated carbocycles. The second kappa shape index (κ2) is 32.1. The Morgan fingerprint density at radius 2 is 0.937 bits per heavy atom. The molecule has 574 valence electrons. The summed E-state index contributed by atoms with van der Waals surface area (Å²) in [4.78, 5) is 84.0. The molecule has 3 saturated heterocycles. The van der Waals surface area contributed by atoms with Gasteiger partial charge in [-0.2, -0.15) is 31.1 Å². The Balaban J connectivity index is 0.000000145. The van der Waals surface area contributed by atoms with E-state index in [9.17, 15) is 81.4 Å². The van der Waals surface area contributed by atoms with Crippen molar-refractivity contribution in [1.82, 2.24) is 59.8 Å². The summed E-state index contributed by atoms with van der Waals surface area (Å²) in [5, 5.41) is 75.8. The number of halogens is 7. The molecule has 6 aliphatic heterocycles. The number of β-amino-alcohol motifs (C(OH)–C–C–N with tert-alkyl or cyclic N) is 3. The van der Waals surface area contributed by atoms with Crippen LogP contribution in [0.4, 0.5) is 53.4 Å². The minimum absolute atomic E-state index is 0.00660. The van der Waals surface area contributed by atoms with Crippen LogP contribution < -0.4 is 20.0 Å². The number of hydrogen-bond acceptors (Lipinski definition) is 22. The van der Waals surface area contributed by atoms with Crippen LogP contribution in [-0.2, 0) is 29.1 Å². The standard InChI is InChI=1S/C27H26F2N6O4.C22H18F2N6O2.C19H15ClFN3O3.C8H12FN3O/c1-27(2,3)39-26(38)34-13-19-24(25(34)37)20(11-18(31-19)23-15(12-30)5-4-6-17(23)29)35-10-8-22(32-35)33-9-7-16(28)21(36)14-33;23-13-4-6-29(11-18(13)31)19-5-7-30(28-19)17-8-15(27-16-10-26-22(32)21(16)17)20-12(9-25)2-1-3-14(20)24;1-19(2,3)27-18(26)24-9-14-16(17(24)25)11(20)7-13(23-14)15-10(8-22)5-4-6-12(15)21;9-6-2-4-12(5-7(6)13)8-1-3-10-11-8/h4-6,8,10-11,16,21,36H,7,9,13-14H2,1-3H3;1-3,5,7-8,13,18,31H,4,6,10-11H2,(H,26,32);4-7H,9H2,1-3H3;1,3,6-7,13H,2,4-5H2,(H,10,11). The summed E-state index contributed by atoms with van der Waals surface area (Å²) in [5.41, 5.74) is 0.980. The highest BCUT2D eigenvalue weighted by Crippen LogP contribution is 2.39. The Hall–Kier alpha value is -12.3. The zero-order valence-electron chi connectivity index (χ0n) is 60.3. The number of imide groups is 2. The number of nitrogens with one attached hydrogen (secondary N) is 2. The van der Waals surface area contributed by atoms with Gasteiger partial charge in [0.15, 0.2) is 11.6 Å². The number of hydrogen-bond donors (Lipinski definition) is 5. The lowest BCUT2D eigenvalue weighted by molar-refractivity contribution is 0.0230. The van der Waals surface area contributed by atoms with Gasteiger partial charge in [0, 0.05) is 69.9 Å². The molecule has 0 spiro atoms. The summed E-state index contributed by atoms with van der Waals surface area (Å²) in [6, 6.07) is 27.6. The minimum atomic E-state index is -1.32. The second-order valence-electron chi connectivity index (χ2n) is 28.4. The van der Waals surface area contributed by atoms with Crippen molar-refractivity contribution in [2.45, 2.75) is 128 Å². The molecule has 3 fully saturated rings. The predicted molar refractivity (Wildman–Crippen MR) is 387 cm³/mol. The molecule has 111 heavy (non-hydrogen) atoms. The molecule has 28 nitrogen and oxygen atoms in total. The van der Waals surface area contributed by atoms with E-state index in [1.807, 2.05) is 29.2 Å². The van der Waals surface area contributed by atoms with Crippen LogP contribution >= 0.6 is 11.6 Å². The summed E-state index contributed by atoms with van der Waals surface area (Å²) in [6.45, 7) is 11.7. The number of fused-ring (bicyclic) bond motifs is 3. The molecule has 0 bridgehead atoms. The van der Waals surface area contributed by atoms with E-state index in [0.717, 1.165) is 15.6 Å². The molecule has 9 aromatic rings. The topological polar surface area (TPSA) is 367 Å². The van der Waals surface area contributed by atoms with Crippen LogP contribution in [0, 0.1) is 51.4 Å². The summed E-state index contributed by atoms with van der Waals surface area (Å²) < 4.78 is 97.7. The van der Waals surface area contributed by atoms with Crippen molar-refractivity contribution in [3.05, 3.63) is 183 Å². The van der Waals surface area contributed by atoms with Crippen molar-refractivity contribution in [3.8, 4) is 63.4 Å². The molecule has 15 rings (SSSR count). The number of aromatic nitrogens is 9. The normalized spacial score (nSPS) is 19.2. The molecule has 12 heterocycles. The van der Waals surface area contributed by atoms with Gasteiger partial charge in [-0.3, -0.25) is 19.5 Å². The molecule has 6 aliphatic rings. The predicted octanol–water partition coefficient (Wildman–Crippen LogP) is 10.5. The molecule has 5 N–H and O–H groups in total. The zero-order chi connectivity index (χ0) is 79.7. The Morgan fingerprint density at radius 3 is 1.35 bits per heavy atom. The van der Waals surface area contributed by atoms with Gasteiger partial charge in [-0.1, -0.05) is 29.8 Å². The molecule has 6 unspecified atom stereocenters. The minimum Gasteiger partial charge on any atom is -0.443 e. The molecule has 0 aliphatic carbocycles. The van der Waals surface area contributed by atoms with Crippen molar-refractivity contribution in [2.24, 2.45) is 0 Å². The summed E-state index contributed by atoms with van der Waals surface area (Å²) >= 11 is 6.23. The fourth-order valence-electron chi connectivity index (χ4n) is 13.1. The van der Waals surface area contributed by atoms with Gasteiger partial charge >= 0.3 is 12.2 Å². The quantitative estimate of drug-likeness (QED) is 0.0882. The summed E-state index contributed by atoms with van der Waals surface area (Å²) in [6.07, 6.45) is -2.92. The van der Waals surface area contributed by atoms with Gasteiger partial charge in [-0.25, -0.2) is 70.0 Å². The van der Waals surface area contributed by atoms with Gasteiger partial charge < -0.3 is 44.8 Å². The lowest BCUT2D eigenvalue weighted by atomic mass is 10.0. The monoisotopic (exact) mass is 1540 g/mol. The maximum atomic E-state index is 15.0. The number of nitrogens with zero attached hydrogens (tertiary/aromatic N) is 16. The van der Waals surface area contributed by atoms with Crippen molar-refractivity contribution in [3.63, 3.8) is 0 Å². The van der Waals surface area contributed by atoms with Gasteiger partial charge in [-0.15, -0.1) is 0 Å². The summed E-state index contributed by atoms with van der Waals surface area (Å²) in [5.74, 6) is -1.72. The number of pyridine rings is 3. The molecular weight excluding hydrogens is 1470 g/mol. The first kappa shape index (κ1) is 78.3. The van der Waals surface area contributed by atoms with E-state index in [-0.39, 0.29) is 135 Å². The number of carbonyl (C=O) groups is 5. The van der Waals surface area contributed by atoms with E-state index in [4.69, 9.17) is 21.1 Å². The van der Waals surface area contributed by atoms with Crippen LogP contribution in [0.2, 0.25) is 5.02 Å². The van der Waals surface area contributed by atoms with Gasteiger partial charge in [0.05, 0.1) is 145 Å². The van der Waals surface area contributed by atoms with Crippen LogP contribution in [0.15, 0.2) is 110 Å². The van der Waals surface area contributed by atoms with Gasteiger partial charge in [-0.05, 0) is 115 Å².